The highest BCUT2D eigenvalue weighted by molar-refractivity contribution is 5.85. The van der Waals surface area contributed by atoms with Crippen molar-refractivity contribution >= 4 is 17.9 Å². The Labute approximate surface area is 102 Å². The lowest BCUT2D eigenvalue weighted by Gasteiger charge is -2.07. The number of ether oxygens (including phenoxy) is 1. The molecule has 0 spiro atoms. The zero-order chi connectivity index (χ0) is 13.5. The summed E-state index contributed by atoms with van der Waals surface area (Å²) in [6.45, 7) is 0.0777. The Morgan fingerprint density at radius 3 is 2.78 bits per heavy atom. The minimum absolute atomic E-state index is 0.0641. The van der Waals surface area contributed by atoms with Gasteiger partial charge in [-0.25, -0.2) is 0 Å². The van der Waals surface area contributed by atoms with Crippen LogP contribution in [-0.2, 0) is 4.79 Å². The highest BCUT2D eigenvalue weighted by Gasteiger charge is 2.17. The molecule has 0 aliphatic heterocycles. The van der Waals surface area contributed by atoms with Gasteiger partial charge >= 0.3 is 5.97 Å². The average Bonchev–Trinajstić information content (AvgIpc) is 2.33. The molecule has 0 atom stereocenters. The number of carbonyl (C=O) groups is 2. The first-order valence-electron chi connectivity index (χ1n) is 5.13. The molecule has 0 aromatic heterocycles. The molecule has 7 nitrogen and oxygen atoms in total. The van der Waals surface area contributed by atoms with E-state index in [2.05, 4.69) is 0 Å². The van der Waals surface area contributed by atoms with E-state index in [9.17, 15) is 19.7 Å². The average molecular weight is 253 g/mol. The van der Waals surface area contributed by atoms with Crippen LogP contribution in [0.4, 0.5) is 5.69 Å². The molecule has 0 saturated carbocycles. The molecule has 0 fully saturated rings. The number of aldehydes is 1. The molecular formula is C11H11NO6. The summed E-state index contributed by atoms with van der Waals surface area (Å²) in [5.74, 6) is -0.863. The number of rotatable bonds is 7. The van der Waals surface area contributed by atoms with Crippen LogP contribution in [0.5, 0.6) is 5.75 Å². The van der Waals surface area contributed by atoms with E-state index in [1.165, 1.54) is 18.2 Å². The Hall–Kier alpha value is -2.44. The van der Waals surface area contributed by atoms with Crippen molar-refractivity contribution in [3.8, 4) is 5.75 Å². The Morgan fingerprint density at radius 2 is 2.22 bits per heavy atom. The van der Waals surface area contributed by atoms with E-state index in [0.29, 0.717) is 6.29 Å². The van der Waals surface area contributed by atoms with Crippen LogP contribution < -0.4 is 4.74 Å². The number of carboxylic acids is 1. The predicted molar refractivity (Wildman–Crippen MR) is 60.8 cm³/mol. The standard InChI is InChI=1S/C11H11NO6/c13-7-8-9(12(16)17)3-1-4-10(8)18-6-2-5-11(14)15/h1,3-4,7H,2,5-6H2,(H,14,15). The summed E-state index contributed by atoms with van der Waals surface area (Å²) in [4.78, 5) is 31.1. The van der Waals surface area contributed by atoms with Gasteiger partial charge in [0.25, 0.3) is 5.69 Å². The van der Waals surface area contributed by atoms with Gasteiger partial charge in [0.15, 0.2) is 6.29 Å². The number of carboxylic acid groups (broad SMARTS) is 1. The molecule has 0 unspecified atom stereocenters. The van der Waals surface area contributed by atoms with Gasteiger partial charge in [-0.15, -0.1) is 0 Å². The largest absolute Gasteiger partial charge is 0.493 e. The lowest BCUT2D eigenvalue weighted by molar-refractivity contribution is -0.385. The van der Waals surface area contributed by atoms with Gasteiger partial charge < -0.3 is 9.84 Å². The summed E-state index contributed by atoms with van der Waals surface area (Å²) < 4.78 is 5.17. The molecule has 0 aliphatic carbocycles. The number of benzene rings is 1. The lowest BCUT2D eigenvalue weighted by atomic mass is 10.2. The Bertz CT molecular complexity index is 471. The first kappa shape index (κ1) is 13.6. The molecule has 1 rings (SSSR count). The molecule has 0 saturated heterocycles. The SMILES string of the molecule is O=Cc1c(OCCCC(=O)O)cccc1[N+](=O)[O-]. The fraction of sp³-hybridized carbons (Fsp3) is 0.273. The van der Waals surface area contributed by atoms with E-state index in [0.717, 1.165) is 0 Å². The molecule has 1 aromatic rings. The van der Waals surface area contributed by atoms with Crippen LogP contribution in [0.1, 0.15) is 23.2 Å². The number of hydrogen-bond donors (Lipinski definition) is 1. The van der Waals surface area contributed by atoms with Gasteiger partial charge in [-0.05, 0) is 12.5 Å². The monoisotopic (exact) mass is 253 g/mol. The summed E-state index contributed by atoms with van der Waals surface area (Å²) >= 11 is 0. The molecule has 0 bridgehead atoms. The molecule has 1 N–H and O–H groups in total. The second-order valence-electron chi connectivity index (χ2n) is 3.41. The molecule has 18 heavy (non-hydrogen) atoms. The van der Waals surface area contributed by atoms with Crippen molar-refractivity contribution in [3.63, 3.8) is 0 Å². The fourth-order valence-electron chi connectivity index (χ4n) is 1.34. The number of hydrogen-bond acceptors (Lipinski definition) is 5. The van der Waals surface area contributed by atoms with Crippen molar-refractivity contribution in [2.45, 2.75) is 12.8 Å². The first-order chi connectivity index (χ1) is 8.56. The first-order valence-corrected chi connectivity index (χ1v) is 5.13. The van der Waals surface area contributed by atoms with Crippen LogP contribution in [0.15, 0.2) is 18.2 Å². The highest BCUT2D eigenvalue weighted by atomic mass is 16.6. The zero-order valence-corrected chi connectivity index (χ0v) is 9.37. The maximum Gasteiger partial charge on any atom is 0.303 e. The topological polar surface area (TPSA) is 107 Å². The number of aliphatic carboxylic acids is 1. The van der Waals surface area contributed by atoms with Crippen LogP contribution in [0.25, 0.3) is 0 Å². The molecule has 0 heterocycles. The number of nitro benzene ring substituents is 1. The molecule has 7 heteroatoms. The smallest absolute Gasteiger partial charge is 0.303 e. The normalized spacial score (nSPS) is 9.78. The van der Waals surface area contributed by atoms with Gasteiger partial charge in [0, 0.05) is 12.5 Å². The van der Waals surface area contributed by atoms with Crippen LogP contribution in [0.2, 0.25) is 0 Å². The lowest BCUT2D eigenvalue weighted by Crippen LogP contribution is -2.04. The van der Waals surface area contributed by atoms with Crippen LogP contribution in [-0.4, -0.2) is 28.9 Å². The van der Waals surface area contributed by atoms with Gasteiger partial charge in [-0.3, -0.25) is 19.7 Å². The zero-order valence-electron chi connectivity index (χ0n) is 9.37. The van der Waals surface area contributed by atoms with Crippen LogP contribution >= 0.6 is 0 Å². The van der Waals surface area contributed by atoms with E-state index < -0.39 is 10.9 Å². The fourth-order valence-corrected chi connectivity index (χ4v) is 1.34. The van der Waals surface area contributed by atoms with Crippen molar-refractivity contribution in [2.75, 3.05) is 6.61 Å². The van der Waals surface area contributed by atoms with E-state index in [1.807, 2.05) is 0 Å². The van der Waals surface area contributed by atoms with Gasteiger partial charge in [0.1, 0.15) is 11.3 Å². The molecule has 96 valence electrons. The summed E-state index contributed by atoms with van der Waals surface area (Å²) in [5.41, 5.74) is -0.474. The summed E-state index contributed by atoms with van der Waals surface area (Å²) in [6, 6.07) is 4.03. The van der Waals surface area contributed by atoms with Gasteiger partial charge in [-0.1, -0.05) is 6.07 Å². The van der Waals surface area contributed by atoms with E-state index in [1.54, 1.807) is 0 Å². The van der Waals surface area contributed by atoms with E-state index >= 15 is 0 Å². The van der Waals surface area contributed by atoms with Crippen molar-refractivity contribution < 1.29 is 24.4 Å². The molecule has 0 aliphatic rings. The summed E-state index contributed by atoms with van der Waals surface area (Å²) in [5, 5.41) is 19.1. The minimum atomic E-state index is -0.951. The summed E-state index contributed by atoms with van der Waals surface area (Å²) in [6.07, 6.45) is 0.548. The second-order valence-corrected chi connectivity index (χ2v) is 3.41. The van der Waals surface area contributed by atoms with Gasteiger partial charge in [-0.2, -0.15) is 0 Å². The third-order valence-electron chi connectivity index (χ3n) is 2.15. The number of nitro groups is 1. The van der Waals surface area contributed by atoms with Crippen molar-refractivity contribution in [2.24, 2.45) is 0 Å². The van der Waals surface area contributed by atoms with Crippen LogP contribution in [0.3, 0.4) is 0 Å². The molecule has 0 amide bonds. The van der Waals surface area contributed by atoms with Crippen molar-refractivity contribution in [1.82, 2.24) is 0 Å². The number of carbonyl (C=O) groups excluding carboxylic acids is 1. The van der Waals surface area contributed by atoms with Gasteiger partial charge in [0.2, 0.25) is 0 Å². The Morgan fingerprint density at radius 1 is 1.50 bits per heavy atom. The maximum atomic E-state index is 10.8. The molecule has 0 radical (unpaired) electrons. The quantitative estimate of drug-likeness (QED) is 0.342. The predicted octanol–water partition coefficient (Wildman–Crippen LogP) is 1.65. The third kappa shape index (κ3) is 3.55. The van der Waals surface area contributed by atoms with Gasteiger partial charge in [0.05, 0.1) is 11.5 Å². The van der Waals surface area contributed by atoms with Crippen LogP contribution in [0, 0.1) is 10.1 Å². The van der Waals surface area contributed by atoms with E-state index in [-0.39, 0.29) is 36.4 Å². The minimum Gasteiger partial charge on any atom is -0.493 e. The third-order valence-corrected chi connectivity index (χ3v) is 2.15. The summed E-state index contributed by atoms with van der Waals surface area (Å²) in [7, 11) is 0. The Kier molecular flexibility index (Phi) is 4.79. The number of nitrogens with zero attached hydrogens (tertiary/aromatic N) is 1. The van der Waals surface area contributed by atoms with Crippen molar-refractivity contribution in [1.29, 1.82) is 0 Å². The Balaban J connectivity index is 2.76. The molecular weight excluding hydrogens is 242 g/mol. The molecule has 1 aromatic carbocycles. The second kappa shape index (κ2) is 6.33. The van der Waals surface area contributed by atoms with E-state index in [4.69, 9.17) is 9.84 Å². The highest BCUT2D eigenvalue weighted by Crippen LogP contribution is 2.26. The van der Waals surface area contributed by atoms with Crippen molar-refractivity contribution in [3.05, 3.63) is 33.9 Å². The maximum absolute atomic E-state index is 10.8.